The molecule has 0 aliphatic heterocycles. The lowest BCUT2D eigenvalue weighted by atomic mass is 9.86. The van der Waals surface area contributed by atoms with Crippen LogP contribution < -0.4 is 16.1 Å². The molecular formula is C16H20BF3N2O2S. The molecule has 0 unspecified atom stereocenters. The standard InChI is InChI=1S/C16H20BF3N2O2S/c1-25-10-2-7-15(16(18,19)20,12-3-5-13(17)6-4-12)22-11-14(24)21-8-9-23/h3-6,22-23H,8-11,17H2,1H3,(H,21,24)/t15-/m0/s1. The van der Waals surface area contributed by atoms with Crippen LogP contribution >= 0.6 is 11.8 Å². The zero-order valence-electron chi connectivity index (χ0n) is 14.0. The van der Waals surface area contributed by atoms with Crippen LogP contribution in [0.25, 0.3) is 0 Å². The Labute approximate surface area is 150 Å². The second-order valence-corrected chi connectivity index (χ2v) is 6.14. The molecule has 1 atom stereocenters. The minimum Gasteiger partial charge on any atom is -0.395 e. The Bertz CT molecular complexity index is 629. The highest BCUT2D eigenvalue weighted by molar-refractivity contribution is 7.98. The number of alkyl halides is 3. The van der Waals surface area contributed by atoms with Gasteiger partial charge >= 0.3 is 6.18 Å². The van der Waals surface area contributed by atoms with Crippen molar-refractivity contribution in [3.63, 3.8) is 0 Å². The van der Waals surface area contributed by atoms with Crippen LogP contribution in [0.5, 0.6) is 0 Å². The number of carbonyl (C=O) groups is 1. The summed E-state index contributed by atoms with van der Waals surface area (Å²) in [5.74, 6) is 4.39. The van der Waals surface area contributed by atoms with Gasteiger partial charge in [-0.1, -0.05) is 41.6 Å². The van der Waals surface area contributed by atoms with Crippen molar-refractivity contribution in [1.82, 2.24) is 10.6 Å². The van der Waals surface area contributed by atoms with Crippen LogP contribution in [-0.2, 0) is 10.3 Å². The number of halogens is 3. The van der Waals surface area contributed by atoms with Crippen molar-refractivity contribution in [3.8, 4) is 11.8 Å². The van der Waals surface area contributed by atoms with Crippen LogP contribution in [-0.4, -0.2) is 56.7 Å². The van der Waals surface area contributed by atoms with Gasteiger partial charge in [0.15, 0.2) is 0 Å². The number of hydrogen-bond donors (Lipinski definition) is 3. The molecule has 0 saturated heterocycles. The highest BCUT2D eigenvalue weighted by atomic mass is 32.2. The molecule has 0 fully saturated rings. The van der Waals surface area contributed by atoms with Crippen molar-refractivity contribution in [1.29, 1.82) is 0 Å². The molecule has 0 radical (unpaired) electrons. The Morgan fingerprint density at radius 1 is 1.32 bits per heavy atom. The van der Waals surface area contributed by atoms with E-state index in [1.807, 2.05) is 0 Å². The number of rotatable bonds is 7. The minimum atomic E-state index is -4.73. The number of carbonyl (C=O) groups excluding carboxylic acids is 1. The third-order valence-corrected chi connectivity index (χ3v) is 3.78. The van der Waals surface area contributed by atoms with E-state index in [0.29, 0.717) is 0 Å². The quantitative estimate of drug-likeness (QED) is 0.457. The fourth-order valence-corrected chi connectivity index (χ4v) is 2.28. The number of amides is 1. The van der Waals surface area contributed by atoms with E-state index >= 15 is 0 Å². The first-order valence-corrected chi connectivity index (χ1v) is 8.91. The Kier molecular flexibility index (Phi) is 8.36. The van der Waals surface area contributed by atoms with Gasteiger partial charge in [-0.25, -0.2) is 0 Å². The predicted molar refractivity (Wildman–Crippen MR) is 96.6 cm³/mol. The van der Waals surface area contributed by atoms with E-state index in [-0.39, 0.29) is 24.5 Å². The highest BCUT2D eigenvalue weighted by Crippen LogP contribution is 2.38. The topological polar surface area (TPSA) is 61.4 Å². The van der Waals surface area contributed by atoms with Gasteiger partial charge in [0.05, 0.1) is 18.9 Å². The average Bonchev–Trinajstić information content (AvgIpc) is 2.56. The van der Waals surface area contributed by atoms with Gasteiger partial charge in [-0.3, -0.25) is 10.1 Å². The molecule has 1 aromatic rings. The van der Waals surface area contributed by atoms with E-state index in [1.54, 1.807) is 26.2 Å². The minimum absolute atomic E-state index is 0.0256. The summed E-state index contributed by atoms with van der Waals surface area (Å²) in [7, 11) is 1.77. The van der Waals surface area contributed by atoms with E-state index in [0.717, 1.165) is 5.46 Å². The summed E-state index contributed by atoms with van der Waals surface area (Å²) in [4.78, 5) is 11.7. The molecular weight excluding hydrogens is 352 g/mol. The zero-order chi connectivity index (χ0) is 18.9. The average molecular weight is 372 g/mol. The molecule has 1 rings (SSSR count). The molecule has 0 heterocycles. The fraction of sp³-hybridized carbons (Fsp3) is 0.438. The first-order chi connectivity index (χ1) is 11.8. The number of aliphatic hydroxyl groups excluding tert-OH is 1. The van der Waals surface area contributed by atoms with Gasteiger partial charge in [0, 0.05) is 6.54 Å². The third kappa shape index (κ3) is 5.99. The molecule has 4 nitrogen and oxygen atoms in total. The van der Waals surface area contributed by atoms with Gasteiger partial charge in [-0.15, -0.1) is 0 Å². The summed E-state index contributed by atoms with van der Waals surface area (Å²) in [6.45, 7) is -0.898. The van der Waals surface area contributed by atoms with E-state index in [1.165, 1.54) is 23.9 Å². The van der Waals surface area contributed by atoms with Crippen molar-refractivity contribution in [2.24, 2.45) is 0 Å². The maximum Gasteiger partial charge on any atom is 0.422 e. The largest absolute Gasteiger partial charge is 0.422 e. The third-order valence-electron chi connectivity index (χ3n) is 3.35. The molecule has 0 aliphatic carbocycles. The zero-order valence-corrected chi connectivity index (χ0v) is 14.9. The summed E-state index contributed by atoms with van der Waals surface area (Å²) in [5.41, 5.74) is -1.90. The second-order valence-electron chi connectivity index (χ2n) is 5.28. The summed E-state index contributed by atoms with van der Waals surface area (Å²) >= 11 is 1.31. The van der Waals surface area contributed by atoms with Gasteiger partial charge in [-0.05, 0) is 11.8 Å². The molecule has 0 aliphatic rings. The van der Waals surface area contributed by atoms with Crippen LogP contribution in [0, 0.1) is 11.8 Å². The molecule has 136 valence electrons. The van der Waals surface area contributed by atoms with Crippen LogP contribution in [0.4, 0.5) is 13.2 Å². The van der Waals surface area contributed by atoms with Gasteiger partial charge in [0.2, 0.25) is 11.4 Å². The van der Waals surface area contributed by atoms with E-state index in [9.17, 15) is 18.0 Å². The second kappa shape index (κ2) is 9.75. The first-order valence-electron chi connectivity index (χ1n) is 7.52. The lowest BCUT2D eigenvalue weighted by molar-refractivity contribution is -0.182. The highest BCUT2D eigenvalue weighted by Gasteiger charge is 2.55. The maximum atomic E-state index is 13.9. The summed E-state index contributed by atoms with van der Waals surface area (Å²) in [6.07, 6.45) is -2.99. The Balaban J connectivity index is 3.24. The number of benzene rings is 1. The van der Waals surface area contributed by atoms with Crippen molar-refractivity contribution in [2.45, 2.75) is 11.7 Å². The Morgan fingerprint density at radius 3 is 2.48 bits per heavy atom. The van der Waals surface area contributed by atoms with Crippen molar-refractivity contribution in [2.75, 3.05) is 31.7 Å². The predicted octanol–water partition coefficient (Wildman–Crippen LogP) is -0.233. The van der Waals surface area contributed by atoms with Crippen molar-refractivity contribution >= 4 is 31.0 Å². The van der Waals surface area contributed by atoms with E-state index in [4.69, 9.17) is 5.11 Å². The number of hydrogen-bond acceptors (Lipinski definition) is 4. The SMILES string of the molecule is Bc1ccc([C@](C#CCSC)(NCC(=O)NCCO)C(F)(F)F)cc1. The van der Waals surface area contributed by atoms with Crippen molar-refractivity contribution in [3.05, 3.63) is 29.8 Å². The van der Waals surface area contributed by atoms with Crippen LogP contribution in [0.1, 0.15) is 5.56 Å². The lowest BCUT2D eigenvalue weighted by Gasteiger charge is -2.32. The molecule has 3 N–H and O–H groups in total. The summed E-state index contributed by atoms with van der Waals surface area (Å²) in [6, 6.07) is 5.85. The molecule has 0 saturated carbocycles. The van der Waals surface area contributed by atoms with Crippen LogP contribution in [0.15, 0.2) is 24.3 Å². The smallest absolute Gasteiger partial charge is 0.395 e. The molecule has 0 aromatic heterocycles. The Morgan fingerprint density at radius 2 is 1.96 bits per heavy atom. The fourth-order valence-electron chi connectivity index (χ4n) is 2.07. The van der Waals surface area contributed by atoms with Crippen molar-refractivity contribution < 1.29 is 23.1 Å². The van der Waals surface area contributed by atoms with E-state index in [2.05, 4.69) is 22.5 Å². The molecule has 1 amide bonds. The van der Waals surface area contributed by atoms with Gasteiger partial charge < -0.3 is 10.4 Å². The number of thioether (sulfide) groups is 1. The Hall–Kier alpha value is -1.63. The molecule has 1 aromatic carbocycles. The normalized spacial score (nSPS) is 13.5. The molecule has 0 spiro atoms. The number of nitrogens with one attached hydrogen (secondary N) is 2. The van der Waals surface area contributed by atoms with Gasteiger partial charge in [-0.2, -0.15) is 24.9 Å². The summed E-state index contributed by atoms with van der Waals surface area (Å²) < 4.78 is 41.8. The first kappa shape index (κ1) is 21.4. The maximum absolute atomic E-state index is 13.9. The van der Waals surface area contributed by atoms with Crippen LogP contribution in [0.3, 0.4) is 0 Å². The lowest BCUT2D eigenvalue weighted by Crippen LogP contribution is -2.55. The molecule has 9 heteroatoms. The molecule has 25 heavy (non-hydrogen) atoms. The van der Waals surface area contributed by atoms with Crippen LogP contribution in [0.2, 0.25) is 0 Å². The molecule has 0 bridgehead atoms. The summed E-state index contributed by atoms with van der Waals surface area (Å²) in [5, 5.41) is 13.3. The van der Waals surface area contributed by atoms with Gasteiger partial charge in [0.1, 0.15) is 7.85 Å². The van der Waals surface area contributed by atoms with E-state index < -0.39 is 24.2 Å². The number of aliphatic hydroxyl groups is 1. The van der Waals surface area contributed by atoms with Gasteiger partial charge in [0.25, 0.3) is 0 Å². The monoisotopic (exact) mass is 372 g/mol.